The van der Waals surface area contributed by atoms with Crippen LogP contribution in [0.4, 0.5) is 0 Å². The van der Waals surface area contributed by atoms with Crippen LogP contribution in [0.5, 0.6) is 0 Å². The van der Waals surface area contributed by atoms with Gasteiger partial charge in [-0.2, -0.15) is 5.10 Å². The lowest BCUT2D eigenvalue weighted by Gasteiger charge is -2.02. The van der Waals surface area contributed by atoms with Crippen molar-refractivity contribution in [3.05, 3.63) is 39.3 Å². The largest absolute Gasteiger partial charge is 0.469 e. The maximum Gasteiger partial charge on any atom is 0.310 e. The molecular weight excluding hydrogens is 286 g/mol. The zero-order valence-corrected chi connectivity index (χ0v) is 13.5. The summed E-state index contributed by atoms with van der Waals surface area (Å²) in [5, 5.41) is 7.86. The second-order valence-electron chi connectivity index (χ2n) is 4.85. The van der Waals surface area contributed by atoms with E-state index in [1.807, 2.05) is 17.8 Å². The first-order valence-corrected chi connectivity index (χ1v) is 7.80. The van der Waals surface area contributed by atoms with E-state index in [0.29, 0.717) is 6.42 Å². The van der Waals surface area contributed by atoms with Crippen molar-refractivity contribution in [1.29, 1.82) is 0 Å². The average Bonchev–Trinajstić information content (AvgIpc) is 3.05. The van der Waals surface area contributed by atoms with Gasteiger partial charge in [0.25, 0.3) is 0 Å². The molecule has 5 nitrogen and oxygen atoms in total. The molecule has 0 atom stereocenters. The fourth-order valence-corrected chi connectivity index (χ4v) is 3.15. The molecule has 2 aromatic rings. The van der Waals surface area contributed by atoms with Gasteiger partial charge in [0.2, 0.25) is 0 Å². The van der Waals surface area contributed by atoms with Crippen LogP contribution in [-0.4, -0.2) is 22.9 Å². The first kappa shape index (κ1) is 15.7. The van der Waals surface area contributed by atoms with Crippen LogP contribution in [0.1, 0.15) is 27.9 Å². The van der Waals surface area contributed by atoms with Crippen LogP contribution in [0, 0.1) is 0 Å². The van der Waals surface area contributed by atoms with Crippen LogP contribution in [0.2, 0.25) is 0 Å². The Kier molecular flexibility index (Phi) is 5.52. The van der Waals surface area contributed by atoms with Gasteiger partial charge >= 0.3 is 5.97 Å². The van der Waals surface area contributed by atoms with E-state index in [4.69, 9.17) is 0 Å². The number of methoxy groups -OCH3 is 1. The quantitative estimate of drug-likeness (QED) is 0.796. The number of aryl methyl sites for hydroxylation is 2. The molecule has 1 N–H and O–H groups in total. The predicted octanol–water partition coefficient (Wildman–Crippen LogP) is 2.05. The minimum absolute atomic E-state index is 0.195. The summed E-state index contributed by atoms with van der Waals surface area (Å²) in [6.07, 6.45) is 3.35. The molecule has 0 aliphatic carbocycles. The highest BCUT2D eigenvalue weighted by Crippen LogP contribution is 2.17. The van der Waals surface area contributed by atoms with Crippen LogP contribution in [0.25, 0.3) is 0 Å². The van der Waals surface area contributed by atoms with Crippen molar-refractivity contribution in [3.63, 3.8) is 0 Å². The SMILES string of the molecule is CCc1nn(C)cc1CNCc1ccc(CC(=O)OC)s1. The molecule has 0 saturated carbocycles. The van der Waals surface area contributed by atoms with E-state index in [9.17, 15) is 4.79 Å². The highest BCUT2D eigenvalue weighted by molar-refractivity contribution is 7.12. The molecule has 0 bridgehead atoms. The van der Waals surface area contributed by atoms with Crippen LogP contribution in [0.3, 0.4) is 0 Å². The molecule has 6 heteroatoms. The van der Waals surface area contributed by atoms with Crippen molar-refractivity contribution < 1.29 is 9.53 Å². The molecule has 0 spiro atoms. The Morgan fingerprint density at radius 1 is 1.38 bits per heavy atom. The third-order valence-corrected chi connectivity index (χ3v) is 4.29. The van der Waals surface area contributed by atoms with E-state index >= 15 is 0 Å². The summed E-state index contributed by atoms with van der Waals surface area (Å²) in [6.45, 7) is 3.72. The second-order valence-corrected chi connectivity index (χ2v) is 6.11. The van der Waals surface area contributed by atoms with E-state index in [0.717, 1.165) is 30.1 Å². The molecule has 0 aromatic carbocycles. The van der Waals surface area contributed by atoms with Crippen molar-refractivity contribution in [2.45, 2.75) is 32.9 Å². The third-order valence-electron chi connectivity index (χ3n) is 3.20. The molecule has 2 heterocycles. The molecular formula is C15H21N3O2S. The Morgan fingerprint density at radius 3 is 2.86 bits per heavy atom. The first-order chi connectivity index (χ1) is 10.1. The zero-order chi connectivity index (χ0) is 15.2. The van der Waals surface area contributed by atoms with Crippen LogP contribution >= 0.6 is 11.3 Å². The number of rotatable bonds is 7. The molecule has 0 aliphatic heterocycles. The predicted molar refractivity (Wildman–Crippen MR) is 83.2 cm³/mol. The highest BCUT2D eigenvalue weighted by Gasteiger charge is 2.08. The molecule has 0 saturated heterocycles. The summed E-state index contributed by atoms with van der Waals surface area (Å²) < 4.78 is 6.53. The Labute approximate surface area is 128 Å². The summed E-state index contributed by atoms with van der Waals surface area (Å²) in [6, 6.07) is 4.04. The highest BCUT2D eigenvalue weighted by atomic mass is 32.1. The average molecular weight is 307 g/mol. The lowest BCUT2D eigenvalue weighted by atomic mass is 10.2. The van der Waals surface area contributed by atoms with Gasteiger partial charge in [-0.05, 0) is 18.6 Å². The van der Waals surface area contributed by atoms with E-state index in [1.165, 1.54) is 17.6 Å². The van der Waals surface area contributed by atoms with Crippen LogP contribution < -0.4 is 5.32 Å². The molecule has 0 unspecified atom stereocenters. The monoisotopic (exact) mass is 307 g/mol. The molecule has 21 heavy (non-hydrogen) atoms. The van der Waals surface area contributed by atoms with Crippen LogP contribution in [0.15, 0.2) is 18.3 Å². The summed E-state index contributed by atoms with van der Waals surface area (Å²) in [5.41, 5.74) is 2.38. The minimum Gasteiger partial charge on any atom is -0.469 e. The number of nitrogens with one attached hydrogen (secondary N) is 1. The summed E-state index contributed by atoms with van der Waals surface area (Å²) >= 11 is 1.64. The lowest BCUT2D eigenvalue weighted by molar-refractivity contribution is -0.139. The normalized spacial score (nSPS) is 10.8. The van der Waals surface area contributed by atoms with Gasteiger partial charge in [0.05, 0.1) is 19.2 Å². The molecule has 0 radical (unpaired) electrons. The zero-order valence-electron chi connectivity index (χ0n) is 12.7. The third kappa shape index (κ3) is 4.41. The van der Waals surface area contributed by atoms with E-state index in [1.54, 1.807) is 11.3 Å². The number of ether oxygens (including phenoxy) is 1. The number of hydrogen-bond acceptors (Lipinski definition) is 5. The van der Waals surface area contributed by atoms with Gasteiger partial charge in [-0.25, -0.2) is 0 Å². The van der Waals surface area contributed by atoms with Gasteiger partial charge in [0.15, 0.2) is 0 Å². The van der Waals surface area contributed by atoms with Gasteiger partial charge in [0.1, 0.15) is 0 Å². The number of nitrogens with zero attached hydrogens (tertiary/aromatic N) is 2. The Bertz CT molecular complexity index is 604. The fourth-order valence-electron chi connectivity index (χ4n) is 2.18. The van der Waals surface area contributed by atoms with Gasteiger partial charge in [-0.1, -0.05) is 6.92 Å². The van der Waals surface area contributed by atoms with Crippen molar-refractivity contribution in [3.8, 4) is 0 Å². The van der Waals surface area contributed by atoms with Crippen LogP contribution in [-0.2, 0) is 42.5 Å². The van der Waals surface area contributed by atoms with E-state index in [2.05, 4.69) is 34.3 Å². The van der Waals surface area contributed by atoms with E-state index < -0.39 is 0 Å². The standard InChI is InChI=1S/C15H21N3O2S/c1-4-14-11(10-18(2)17-14)8-16-9-13-6-5-12(21-13)7-15(19)20-3/h5-6,10,16H,4,7-9H2,1-3H3. The Hall–Kier alpha value is -1.66. The summed E-state index contributed by atoms with van der Waals surface area (Å²) in [4.78, 5) is 13.5. The Balaban J connectivity index is 1.84. The fraction of sp³-hybridized carbons (Fsp3) is 0.467. The topological polar surface area (TPSA) is 56.2 Å². The molecule has 0 aliphatic rings. The summed E-state index contributed by atoms with van der Waals surface area (Å²) in [5.74, 6) is -0.195. The molecule has 114 valence electrons. The van der Waals surface area contributed by atoms with Gasteiger partial charge in [-0.3, -0.25) is 9.48 Å². The van der Waals surface area contributed by atoms with Crippen molar-refractivity contribution >= 4 is 17.3 Å². The second kappa shape index (κ2) is 7.38. The number of esters is 1. The van der Waals surface area contributed by atoms with E-state index in [-0.39, 0.29) is 5.97 Å². The first-order valence-electron chi connectivity index (χ1n) is 6.99. The summed E-state index contributed by atoms with van der Waals surface area (Å²) in [7, 11) is 3.36. The van der Waals surface area contributed by atoms with Gasteiger partial charge in [0, 0.05) is 41.7 Å². The van der Waals surface area contributed by atoms with Gasteiger partial charge in [-0.15, -0.1) is 11.3 Å². The number of aromatic nitrogens is 2. The minimum atomic E-state index is -0.195. The molecule has 0 amide bonds. The van der Waals surface area contributed by atoms with Gasteiger partial charge < -0.3 is 10.1 Å². The maximum atomic E-state index is 11.2. The number of thiophene rings is 1. The molecule has 0 fully saturated rings. The van der Waals surface area contributed by atoms with Crippen molar-refractivity contribution in [2.24, 2.45) is 7.05 Å². The van der Waals surface area contributed by atoms with Crippen molar-refractivity contribution in [1.82, 2.24) is 15.1 Å². The van der Waals surface area contributed by atoms with Crippen molar-refractivity contribution in [2.75, 3.05) is 7.11 Å². The Morgan fingerprint density at radius 2 is 2.14 bits per heavy atom. The number of carbonyl (C=O) groups is 1. The lowest BCUT2D eigenvalue weighted by Crippen LogP contribution is -2.12. The smallest absolute Gasteiger partial charge is 0.310 e. The maximum absolute atomic E-state index is 11.2. The molecule has 2 rings (SSSR count). The molecule has 2 aromatic heterocycles. The number of hydrogen-bond donors (Lipinski definition) is 1. The number of carbonyl (C=O) groups excluding carboxylic acids is 1.